The third-order valence-electron chi connectivity index (χ3n) is 2.26. The van der Waals surface area contributed by atoms with Crippen LogP contribution in [0, 0.1) is 5.41 Å². The lowest BCUT2D eigenvalue weighted by Crippen LogP contribution is -2.17. The van der Waals surface area contributed by atoms with Gasteiger partial charge in [0.1, 0.15) is 0 Å². The molecule has 0 spiro atoms. The largest absolute Gasteiger partial charge is 0.268 e. The Kier molecular flexibility index (Phi) is 2.64. The van der Waals surface area contributed by atoms with E-state index < -0.39 is 0 Å². The van der Waals surface area contributed by atoms with E-state index in [0.29, 0.717) is 0 Å². The van der Waals surface area contributed by atoms with Gasteiger partial charge in [-0.3, -0.25) is 4.99 Å². The zero-order chi connectivity index (χ0) is 9.03. The Morgan fingerprint density at radius 3 is 2.83 bits per heavy atom. The minimum Gasteiger partial charge on any atom is -0.268 e. The van der Waals surface area contributed by atoms with Crippen molar-refractivity contribution in [1.29, 1.82) is 0 Å². The van der Waals surface area contributed by atoms with Crippen molar-refractivity contribution in [2.24, 2.45) is 10.4 Å². The Labute approximate surface area is 74.2 Å². The van der Waals surface area contributed by atoms with Crippen LogP contribution in [0.3, 0.4) is 0 Å². The quantitative estimate of drug-likeness (QED) is 0.562. The smallest absolute Gasteiger partial charge is 0.0292 e. The van der Waals surface area contributed by atoms with Crippen LogP contribution in [0.5, 0.6) is 0 Å². The highest BCUT2D eigenvalue weighted by atomic mass is 14.7. The summed E-state index contributed by atoms with van der Waals surface area (Å²) in [5.41, 5.74) is 1.42. The summed E-state index contributed by atoms with van der Waals surface area (Å²) in [6, 6.07) is 0. The average molecular weight is 161 g/mol. The van der Waals surface area contributed by atoms with Gasteiger partial charge < -0.3 is 0 Å². The molecule has 0 aromatic heterocycles. The van der Waals surface area contributed by atoms with Gasteiger partial charge in [-0.25, -0.2) is 0 Å². The fourth-order valence-corrected chi connectivity index (χ4v) is 1.45. The van der Waals surface area contributed by atoms with E-state index >= 15 is 0 Å². The van der Waals surface area contributed by atoms with Gasteiger partial charge in [0.15, 0.2) is 0 Å². The lowest BCUT2D eigenvalue weighted by Gasteiger charge is -2.22. The maximum absolute atomic E-state index is 4.17. The second-order valence-electron chi connectivity index (χ2n) is 3.34. The molecule has 1 atom stereocenters. The Morgan fingerprint density at radius 1 is 1.50 bits per heavy atom. The first-order valence-electron chi connectivity index (χ1n) is 4.18. The molecule has 0 amide bonds. The van der Waals surface area contributed by atoms with Crippen LogP contribution >= 0.6 is 0 Å². The molecule has 1 aliphatic rings. The monoisotopic (exact) mass is 161 g/mol. The molecular formula is C11H15N. The van der Waals surface area contributed by atoms with Crippen LogP contribution in [-0.4, -0.2) is 6.21 Å². The van der Waals surface area contributed by atoms with Crippen molar-refractivity contribution in [2.45, 2.75) is 19.8 Å². The molecular weight excluding hydrogens is 146 g/mol. The summed E-state index contributed by atoms with van der Waals surface area (Å²) in [6.45, 7) is 9.66. The standard InChI is InChI=1S/C11H15N/c1-4-6-10-8-12-9-11(10,3)7-5-2/h4-5,8-9H,1-2,6-7H2,3H3. The topological polar surface area (TPSA) is 12.4 Å². The van der Waals surface area contributed by atoms with Crippen LogP contribution in [0.15, 0.2) is 42.1 Å². The zero-order valence-corrected chi connectivity index (χ0v) is 7.59. The van der Waals surface area contributed by atoms with Gasteiger partial charge in [0.05, 0.1) is 0 Å². The molecule has 0 radical (unpaired) electrons. The number of rotatable bonds is 4. The molecule has 1 heteroatoms. The highest BCUT2D eigenvalue weighted by molar-refractivity contribution is 5.74. The molecule has 0 saturated heterocycles. The predicted molar refractivity (Wildman–Crippen MR) is 54.3 cm³/mol. The van der Waals surface area contributed by atoms with Gasteiger partial charge in [-0.15, -0.1) is 13.2 Å². The molecule has 0 aliphatic carbocycles. The molecule has 0 aromatic rings. The Balaban J connectivity index is 2.76. The van der Waals surface area contributed by atoms with Crippen LogP contribution < -0.4 is 0 Å². The van der Waals surface area contributed by atoms with E-state index in [2.05, 4.69) is 25.1 Å². The maximum Gasteiger partial charge on any atom is 0.0292 e. The van der Waals surface area contributed by atoms with Gasteiger partial charge in [0.2, 0.25) is 0 Å². The Bertz CT molecular complexity index is 248. The van der Waals surface area contributed by atoms with E-state index in [1.165, 1.54) is 5.57 Å². The van der Waals surface area contributed by atoms with Gasteiger partial charge in [-0.2, -0.15) is 0 Å². The van der Waals surface area contributed by atoms with Crippen molar-refractivity contribution < 1.29 is 0 Å². The molecule has 1 aliphatic heterocycles. The summed E-state index contributed by atoms with van der Waals surface area (Å²) in [4.78, 5) is 4.17. The van der Waals surface area contributed by atoms with Crippen molar-refractivity contribution in [2.75, 3.05) is 0 Å². The Morgan fingerprint density at radius 2 is 2.25 bits per heavy atom. The van der Waals surface area contributed by atoms with Crippen molar-refractivity contribution >= 4 is 6.21 Å². The number of nitrogens with zero attached hydrogens (tertiary/aromatic N) is 1. The summed E-state index contributed by atoms with van der Waals surface area (Å²) < 4.78 is 0. The first kappa shape index (κ1) is 8.98. The number of hydrogen-bond donors (Lipinski definition) is 0. The summed E-state index contributed by atoms with van der Waals surface area (Å²) >= 11 is 0. The molecule has 0 N–H and O–H groups in total. The van der Waals surface area contributed by atoms with Crippen LogP contribution in [0.25, 0.3) is 0 Å². The number of allylic oxidation sites excluding steroid dienone is 3. The molecule has 0 bridgehead atoms. The summed E-state index contributed by atoms with van der Waals surface area (Å²) in [5.74, 6) is 0. The van der Waals surface area contributed by atoms with E-state index in [9.17, 15) is 0 Å². The van der Waals surface area contributed by atoms with Crippen LogP contribution in [0.4, 0.5) is 0 Å². The molecule has 1 unspecified atom stereocenters. The minimum atomic E-state index is 0.0932. The molecule has 1 heterocycles. The molecule has 0 fully saturated rings. The van der Waals surface area contributed by atoms with E-state index in [1.54, 1.807) is 0 Å². The van der Waals surface area contributed by atoms with E-state index in [4.69, 9.17) is 0 Å². The molecule has 1 rings (SSSR count). The van der Waals surface area contributed by atoms with Gasteiger partial charge in [0, 0.05) is 17.8 Å². The van der Waals surface area contributed by atoms with E-state index in [1.807, 2.05) is 24.6 Å². The average Bonchev–Trinajstić information content (AvgIpc) is 2.35. The van der Waals surface area contributed by atoms with E-state index in [-0.39, 0.29) is 5.41 Å². The zero-order valence-electron chi connectivity index (χ0n) is 7.59. The van der Waals surface area contributed by atoms with Crippen LogP contribution in [0.1, 0.15) is 19.8 Å². The van der Waals surface area contributed by atoms with Gasteiger partial charge >= 0.3 is 0 Å². The maximum atomic E-state index is 4.17. The molecule has 0 saturated carbocycles. The van der Waals surface area contributed by atoms with Gasteiger partial charge in [-0.05, 0) is 18.4 Å². The number of hydrogen-bond acceptors (Lipinski definition) is 1. The van der Waals surface area contributed by atoms with Crippen molar-refractivity contribution in [3.05, 3.63) is 37.1 Å². The molecule has 1 nitrogen and oxygen atoms in total. The second-order valence-corrected chi connectivity index (χ2v) is 3.34. The fraction of sp³-hybridized carbons (Fsp3) is 0.364. The van der Waals surface area contributed by atoms with Crippen LogP contribution in [0.2, 0.25) is 0 Å². The SMILES string of the molecule is C=CCC1=CN=CC1(C)CC=C. The van der Waals surface area contributed by atoms with Crippen LogP contribution in [-0.2, 0) is 0 Å². The Hall–Kier alpha value is -1.11. The van der Waals surface area contributed by atoms with Crippen molar-refractivity contribution in [1.82, 2.24) is 0 Å². The highest BCUT2D eigenvalue weighted by Gasteiger charge is 2.27. The van der Waals surface area contributed by atoms with Crippen molar-refractivity contribution in [3.63, 3.8) is 0 Å². The summed E-state index contributed by atoms with van der Waals surface area (Å²) in [5, 5.41) is 0. The summed E-state index contributed by atoms with van der Waals surface area (Å²) in [6.07, 6.45) is 9.66. The fourth-order valence-electron chi connectivity index (χ4n) is 1.45. The third kappa shape index (κ3) is 1.55. The van der Waals surface area contributed by atoms with Gasteiger partial charge in [0.25, 0.3) is 0 Å². The number of aliphatic imine (C=N–C) groups is 1. The summed E-state index contributed by atoms with van der Waals surface area (Å²) in [7, 11) is 0. The second kappa shape index (κ2) is 3.53. The third-order valence-corrected chi connectivity index (χ3v) is 2.26. The first-order chi connectivity index (χ1) is 5.73. The first-order valence-corrected chi connectivity index (χ1v) is 4.18. The molecule has 0 aromatic carbocycles. The van der Waals surface area contributed by atoms with E-state index in [0.717, 1.165) is 12.8 Å². The lowest BCUT2D eigenvalue weighted by atomic mass is 9.80. The lowest BCUT2D eigenvalue weighted by molar-refractivity contribution is 0.578. The van der Waals surface area contributed by atoms with Gasteiger partial charge in [-0.1, -0.05) is 19.1 Å². The molecule has 64 valence electrons. The molecule has 12 heavy (non-hydrogen) atoms. The normalized spacial score (nSPS) is 26.9. The highest BCUT2D eigenvalue weighted by Crippen LogP contribution is 2.35. The predicted octanol–water partition coefficient (Wildman–Crippen LogP) is 3.11. The van der Waals surface area contributed by atoms with Crippen molar-refractivity contribution in [3.8, 4) is 0 Å². The minimum absolute atomic E-state index is 0.0932.